The molecule has 0 amide bonds. The van der Waals surface area contributed by atoms with Crippen molar-refractivity contribution in [2.45, 2.75) is 66.5 Å². The van der Waals surface area contributed by atoms with Crippen molar-refractivity contribution in [1.82, 2.24) is 10.6 Å². The maximum atomic E-state index is 12.2. The third-order valence-electron chi connectivity index (χ3n) is 4.10. The van der Waals surface area contributed by atoms with E-state index < -0.39 is 0 Å². The summed E-state index contributed by atoms with van der Waals surface area (Å²) in [6, 6.07) is 0.172. The van der Waals surface area contributed by atoms with Crippen molar-refractivity contribution in [2.24, 2.45) is 17.8 Å². The van der Waals surface area contributed by atoms with Crippen LogP contribution < -0.4 is 10.6 Å². The number of ketones is 2. The average Bonchev–Trinajstić information content (AvgIpc) is 2.40. The Labute approximate surface area is 130 Å². The highest BCUT2D eigenvalue weighted by Crippen LogP contribution is 2.12. The predicted octanol–water partition coefficient (Wildman–Crippen LogP) is 2.42. The van der Waals surface area contributed by atoms with Gasteiger partial charge in [0.1, 0.15) is 11.6 Å². The van der Waals surface area contributed by atoms with E-state index in [0.717, 1.165) is 6.42 Å². The maximum absolute atomic E-state index is 12.2. The zero-order valence-corrected chi connectivity index (χ0v) is 14.8. The first kappa shape index (κ1) is 20.3. The highest BCUT2D eigenvalue weighted by molar-refractivity contribution is 5.91. The quantitative estimate of drug-likeness (QED) is 0.615. The molecule has 3 atom stereocenters. The predicted molar refractivity (Wildman–Crippen MR) is 88.4 cm³/mol. The van der Waals surface area contributed by atoms with Crippen LogP contribution in [-0.4, -0.2) is 37.2 Å². The first-order chi connectivity index (χ1) is 9.68. The molecule has 0 aromatic rings. The lowest BCUT2D eigenvalue weighted by molar-refractivity contribution is -0.128. The number of carbonyl (C=O) groups is 2. The van der Waals surface area contributed by atoms with Crippen molar-refractivity contribution >= 4 is 11.6 Å². The van der Waals surface area contributed by atoms with E-state index in [2.05, 4.69) is 45.3 Å². The Hall–Kier alpha value is -0.740. The molecule has 0 rings (SSSR count). The van der Waals surface area contributed by atoms with Gasteiger partial charge in [-0.15, -0.1) is 0 Å². The summed E-state index contributed by atoms with van der Waals surface area (Å²) in [7, 11) is 1.81. The Balaban J connectivity index is 4.29. The summed E-state index contributed by atoms with van der Waals surface area (Å²) in [4.78, 5) is 24.3. The first-order valence-electron chi connectivity index (χ1n) is 8.15. The molecule has 0 aromatic heterocycles. The van der Waals surface area contributed by atoms with Gasteiger partial charge in [-0.2, -0.15) is 0 Å². The summed E-state index contributed by atoms with van der Waals surface area (Å²) in [6.07, 6.45) is 1.15. The van der Waals surface area contributed by atoms with Crippen molar-refractivity contribution in [3.63, 3.8) is 0 Å². The Morgan fingerprint density at radius 3 is 1.95 bits per heavy atom. The molecule has 0 radical (unpaired) electrons. The van der Waals surface area contributed by atoms with Gasteiger partial charge >= 0.3 is 0 Å². The lowest BCUT2D eigenvalue weighted by atomic mass is 9.92. The Kier molecular flexibility index (Phi) is 9.71. The van der Waals surface area contributed by atoms with E-state index in [9.17, 15) is 9.59 Å². The summed E-state index contributed by atoms with van der Waals surface area (Å²) in [5, 5.41) is 6.30. The molecule has 0 spiro atoms. The van der Waals surface area contributed by atoms with E-state index in [1.165, 1.54) is 0 Å². The second-order valence-corrected chi connectivity index (χ2v) is 6.92. The first-order valence-corrected chi connectivity index (χ1v) is 8.15. The summed E-state index contributed by atoms with van der Waals surface area (Å²) in [6.45, 7) is 12.7. The fraction of sp³-hybridized carbons (Fsp3) is 0.882. The maximum Gasteiger partial charge on any atom is 0.150 e. The smallest absolute Gasteiger partial charge is 0.150 e. The zero-order chi connectivity index (χ0) is 16.6. The van der Waals surface area contributed by atoms with Gasteiger partial charge in [-0.25, -0.2) is 0 Å². The molecule has 0 unspecified atom stereocenters. The molecule has 0 aromatic carbocycles. The molecule has 0 aliphatic carbocycles. The average molecular weight is 298 g/mol. The van der Waals surface area contributed by atoms with Crippen LogP contribution in [0.4, 0.5) is 0 Å². The van der Waals surface area contributed by atoms with Crippen molar-refractivity contribution < 1.29 is 9.59 Å². The minimum Gasteiger partial charge on any atom is -0.311 e. The second-order valence-electron chi connectivity index (χ2n) is 6.92. The highest BCUT2D eigenvalue weighted by Gasteiger charge is 2.23. The molecule has 4 nitrogen and oxygen atoms in total. The van der Waals surface area contributed by atoms with Crippen LogP contribution in [0.15, 0.2) is 0 Å². The van der Waals surface area contributed by atoms with E-state index in [-0.39, 0.29) is 23.5 Å². The van der Waals surface area contributed by atoms with Crippen LogP contribution in [0.25, 0.3) is 0 Å². The molecule has 2 N–H and O–H groups in total. The molecule has 4 heteroatoms. The third kappa shape index (κ3) is 8.32. The molecule has 0 bridgehead atoms. The van der Waals surface area contributed by atoms with Crippen LogP contribution in [0.3, 0.4) is 0 Å². The molecule has 124 valence electrons. The molecule has 0 aliphatic rings. The van der Waals surface area contributed by atoms with Crippen molar-refractivity contribution in [2.75, 3.05) is 13.6 Å². The van der Waals surface area contributed by atoms with Crippen LogP contribution in [0.5, 0.6) is 0 Å². The van der Waals surface area contributed by atoms with Crippen LogP contribution in [0.1, 0.15) is 54.4 Å². The van der Waals surface area contributed by atoms with Crippen molar-refractivity contribution in [1.29, 1.82) is 0 Å². The molecular formula is C17H34N2O2. The van der Waals surface area contributed by atoms with Crippen molar-refractivity contribution in [3.05, 3.63) is 0 Å². The highest BCUT2D eigenvalue weighted by atomic mass is 16.1. The number of hydrogen-bond donors (Lipinski definition) is 2. The number of Topliss-reactive ketones (excluding diaryl/α,β-unsaturated/α-hetero) is 2. The van der Waals surface area contributed by atoms with E-state index >= 15 is 0 Å². The molecule has 0 saturated carbocycles. The van der Waals surface area contributed by atoms with Gasteiger partial charge < -0.3 is 10.6 Å². The van der Waals surface area contributed by atoms with Gasteiger partial charge in [0.2, 0.25) is 0 Å². The van der Waals surface area contributed by atoms with Gasteiger partial charge in [0.25, 0.3) is 0 Å². The fourth-order valence-corrected chi connectivity index (χ4v) is 2.11. The third-order valence-corrected chi connectivity index (χ3v) is 4.10. The van der Waals surface area contributed by atoms with E-state index in [0.29, 0.717) is 30.8 Å². The summed E-state index contributed by atoms with van der Waals surface area (Å²) < 4.78 is 0. The molecule has 21 heavy (non-hydrogen) atoms. The zero-order valence-electron chi connectivity index (χ0n) is 14.8. The molecule has 0 fully saturated rings. The topological polar surface area (TPSA) is 58.2 Å². The minimum absolute atomic E-state index is 0.121. The summed E-state index contributed by atoms with van der Waals surface area (Å²) >= 11 is 0. The van der Waals surface area contributed by atoms with Crippen LogP contribution in [-0.2, 0) is 9.59 Å². The number of likely N-dealkylation sites (N-methyl/N-ethyl adjacent to an activating group) is 1. The lowest BCUT2D eigenvalue weighted by Crippen LogP contribution is -2.39. The van der Waals surface area contributed by atoms with Crippen molar-refractivity contribution in [3.8, 4) is 0 Å². The normalized spacial score (nSPS) is 16.0. The molecular weight excluding hydrogens is 264 g/mol. The lowest BCUT2D eigenvalue weighted by Gasteiger charge is -2.20. The Morgan fingerprint density at radius 2 is 1.52 bits per heavy atom. The molecule has 0 heterocycles. The molecule has 0 saturated heterocycles. The van der Waals surface area contributed by atoms with Gasteiger partial charge in [-0.1, -0.05) is 34.6 Å². The standard InChI is InChI=1S/C17H34N2O2/c1-11(2)8-15(18-7)16(20)9-13(5)17(21)10-19-14(6)12(3)4/h11-15,18-19H,8-10H2,1-7H3/t13-,14-,15+/m1/s1. The number of nitrogens with one attached hydrogen (secondary N) is 2. The van der Waals surface area contributed by atoms with E-state index in [4.69, 9.17) is 0 Å². The van der Waals surface area contributed by atoms with Crippen LogP contribution in [0.2, 0.25) is 0 Å². The second kappa shape index (κ2) is 10.1. The van der Waals surface area contributed by atoms with Gasteiger partial charge in [-0.05, 0) is 32.2 Å². The molecule has 0 aliphatic heterocycles. The van der Waals surface area contributed by atoms with Gasteiger partial charge in [0.05, 0.1) is 12.6 Å². The van der Waals surface area contributed by atoms with E-state index in [1.807, 2.05) is 14.0 Å². The van der Waals surface area contributed by atoms with Gasteiger partial charge in [-0.3, -0.25) is 9.59 Å². The van der Waals surface area contributed by atoms with Crippen LogP contribution in [0, 0.1) is 17.8 Å². The number of hydrogen-bond acceptors (Lipinski definition) is 4. The minimum atomic E-state index is -0.215. The monoisotopic (exact) mass is 298 g/mol. The van der Waals surface area contributed by atoms with Crippen LogP contribution >= 0.6 is 0 Å². The van der Waals surface area contributed by atoms with Gasteiger partial charge in [0.15, 0.2) is 0 Å². The summed E-state index contributed by atoms with van der Waals surface area (Å²) in [5.41, 5.74) is 0. The largest absolute Gasteiger partial charge is 0.311 e. The number of carbonyl (C=O) groups excluding carboxylic acids is 2. The van der Waals surface area contributed by atoms with Gasteiger partial charge in [0, 0.05) is 18.4 Å². The fourth-order valence-electron chi connectivity index (χ4n) is 2.11. The number of rotatable bonds is 11. The Morgan fingerprint density at radius 1 is 0.952 bits per heavy atom. The SMILES string of the molecule is CN[C@@H](CC(C)C)C(=O)C[C@@H](C)C(=O)CN[C@H](C)C(C)C. The summed E-state index contributed by atoms with van der Waals surface area (Å²) in [5.74, 6) is 1.01. The Bertz CT molecular complexity index is 327. The van der Waals surface area contributed by atoms with E-state index in [1.54, 1.807) is 0 Å².